The number of ether oxygens (including phenoxy) is 2. The van der Waals surface area contributed by atoms with Crippen LogP contribution in [0.3, 0.4) is 0 Å². The summed E-state index contributed by atoms with van der Waals surface area (Å²) in [5, 5.41) is 12.0. The molecule has 0 spiro atoms. The first kappa shape index (κ1) is 19.8. The van der Waals surface area contributed by atoms with Gasteiger partial charge in [-0.1, -0.05) is 36.4 Å². The van der Waals surface area contributed by atoms with Crippen LogP contribution in [-0.4, -0.2) is 42.1 Å². The number of carbonyl (C=O) groups is 2. The smallest absolute Gasteiger partial charge is 0.333 e. The predicted octanol–water partition coefficient (Wildman–Crippen LogP) is 3.86. The van der Waals surface area contributed by atoms with Crippen LogP contribution in [0.5, 0.6) is 11.5 Å². The number of carbonyl (C=O) groups excluding carboxylic acids is 2. The van der Waals surface area contributed by atoms with Gasteiger partial charge >= 0.3 is 5.97 Å². The summed E-state index contributed by atoms with van der Waals surface area (Å²) in [6, 6.07) is 15.2. The summed E-state index contributed by atoms with van der Waals surface area (Å²) >= 11 is 0. The third kappa shape index (κ3) is 3.34. The van der Waals surface area contributed by atoms with Crippen LogP contribution in [0.25, 0.3) is 10.8 Å². The Bertz CT molecular complexity index is 1120. The fourth-order valence-electron chi connectivity index (χ4n) is 4.05. The topological polar surface area (TPSA) is 76.1 Å². The van der Waals surface area contributed by atoms with Gasteiger partial charge < -0.3 is 19.5 Å². The van der Waals surface area contributed by atoms with E-state index in [1.807, 2.05) is 24.3 Å². The molecule has 0 saturated heterocycles. The van der Waals surface area contributed by atoms with Crippen molar-refractivity contribution in [3.8, 4) is 11.5 Å². The summed E-state index contributed by atoms with van der Waals surface area (Å²) in [4.78, 5) is 28.0. The molecule has 6 nitrogen and oxygen atoms in total. The molecule has 0 aromatic heterocycles. The van der Waals surface area contributed by atoms with E-state index < -0.39 is 17.9 Å². The lowest BCUT2D eigenvalue weighted by molar-refractivity contribution is -0.149. The summed E-state index contributed by atoms with van der Waals surface area (Å²) in [5.41, 5.74) is 1.85. The minimum Gasteiger partial charge on any atom is -0.507 e. The monoisotopic (exact) mass is 405 g/mol. The van der Waals surface area contributed by atoms with Crippen LogP contribution in [0.4, 0.5) is 0 Å². The van der Waals surface area contributed by atoms with Crippen molar-refractivity contribution in [1.82, 2.24) is 4.90 Å². The van der Waals surface area contributed by atoms with Crippen LogP contribution in [0.2, 0.25) is 0 Å². The highest BCUT2D eigenvalue weighted by Gasteiger charge is 2.38. The van der Waals surface area contributed by atoms with Gasteiger partial charge in [0.25, 0.3) is 5.91 Å². The van der Waals surface area contributed by atoms with Crippen LogP contribution in [0.1, 0.15) is 34.5 Å². The summed E-state index contributed by atoms with van der Waals surface area (Å²) in [6.07, 6.45) is 0.569. The van der Waals surface area contributed by atoms with E-state index in [2.05, 4.69) is 0 Å². The van der Waals surface area contributed by atoms with Gasteiger partial charge in [-0.15, -0.1) is 0 Å². The van der Waals surface area contributed by atoms with Crippen molar-refractivity contribution in [2.24, 2.45) is 0 Å². The third-order valence-corrected chi connectivity index (χ3v) is 5.47. The van der Waals surface area contributed by atoms with Crippen LogP contribution >= 0.6 is 0 Å². The average molecular weight is 405 g/mol. The highest BCUT2D eigenvalue weighted by Crippen LogP contribution is 2.36. The number of esters is 1. The van der Waals surface area contributed by atoms with Crippen molar-refractivity contribution >= 4 is 22.6 Å². The predicted molar refractivity (Wildman–Crippen MR) is 113 cm³/mol. The summed E-state index contributed by atoms with van der Waals surface area (Å²) in [5.74, 6) is -0.301. The van der Waals surface area contributed by atoms with Crippen molar-refractivity contribution in [1.29, 1.82) is 0 Å². The molecule has 1 amide bonds. The van der Waals surface area contributed by atoms with E-state index in [4.69, 9.17) is 9.47 Å². The van der Waals surface area contributed by atoms with Gasteiger partial charge in [0.1, 0.15) is 11.5 Å². The molecule has 0 saturated carbocycles. The summed E-state index contributed by atoms with van der Waals surface area (Å²) in [7, 11) is 1.59. The van der Waals surface area contributed by atoms with E-state index in [0.29, 0.717) is 29.7 Å². The molecule has 0 radical (unpaired) electrons. The van der Waals surface area contributed by atoms with E-state index >= 15 is 0 Å². The lowest BCUT2D eigenvalue weighted by atomic mass is 9.91. The molecule has 6 heteroatoms. The molecule has 3 aromatic rings. The zero-order valence-corrected chi connectivity index (χ0v) is 16.9. The van der Waals surface area contributed by atoms with Gasteiger partial charge in [0, 0.05) is 6.54 Å². The fraction of sp³-hybridized carbons (Fsp3) is 0.250. The van der Waals surface area contributed by atoms with Gasteiger partial charge in [0.05, 0.1) is 19.3 Å². The first-order valence-electron chi connectivity index (χ1n) is 9.90. The number of methoxy groups -OCH3 is 1. The van der Waals surface area contributed by atoms with Crippen LogP contribution in [-0.2, 0) is 16.0 Å². The van der Waals surface area contributed by atoms with Crippen molar-refractivity contribution in [3.05, 3.63) is 71.3 Å². The maximum atomic E-state index is 13.6. The molecule has 0 bridgehead atoms. The normalized spacial score (nSPS) is 15.5. The lowest BCUT2D eigenvalue weighted by Gasteiger charge is -2.36. The number of aromatic hydroxyl groups is 1. The zero-order chi connectivity index (χ0) is 21.3. The van der Waals surface area contributed by atoms with E-state index in [1.165, 1.54) is 11.0 Å². The molecule has 1 N–H and O–H groups in total. The minimum absolute atomic E-state index is 0.109. The Hall–Kier alpha value is -3.54. The molecule has 1 atom stereocenters. The fourth-order valence-corrected chi connectivity index (χ4v) is 4.05. The van der Waals surface area contributed by atoms with E-state index in [1.54, 1.807) is 38.3 Å². The summed E-state index contributed by atoms with van der Waals surface area (Å²) in [6.45, 7) is 2.27. The molecular weight excluding hydrogens is 382 g/mol. The Morgan fingerprint density at radius 3 is 2.70 bits per heavy atom. The number of nitrogens with zero attached hydrogens (tertiary/aromatic N) is 1. The maximum absolute atomic E-state index is 13.6. The molecule has 0 aliphatic carbocycles. The first-order chi connectivity index (χ1) is 14.5. The van der Waals surface area contributed by atoms with E-state index in [-0.39, 0.29) is 17.9 Å². The number of hydrogen-bond acceptors (Lipinski definition) is 5. The lowest BCUT2D eigenvalue weighted by Crippen LogP contribution is -2.44. The molecule has 1 heterocycles. The number of hydrogen-bond donors (Lipinski definition) is 1. The number of amides is 1. The Kier molecular flexibility index (Phi) is 5.31. The highest BCUT2D eigenvalue weighted by molar-refractivity contribution is 6.10. The minimum atomic E-state index is -0.884. The molecule has 1 aliphatic heterocycles. The van der Waals surface area contributed by atoms with Crippen LogP contribution in [0.15, 0.2) is 54.6 Å². The number of fused-ring (bicyclic) bond motifs is 2. The molecule has 0 fully saturated rings. The molecular formula is C24H23NO5. The van der Waals surface area contributed by atoms with Gasteiger partial charge in [-0.25, -0.2) is 4.79 Å². The second-order valence-corrected chi connectivity index (χ2v) is 7.15. The average Bonchev–Trinajstić information content (AvgIpc) is 2.77. The molecule has 3 aromatic carbocycles. The van der Waals surface area contributed by atoms with E-state index in [9.17, 15) is 14.7 Å². The quantitative estimate of drug-likeness (QED) is 0.667. The maximum Gasteiger partial charge on any atom is 0.333 e. The zero-order valence-electron chi connectivity index (χ0n) is 16.9. The largest absolute Gasteiger partial charge is 0.507 e. The number of rotatable bonds is 4. The SMILES string of the molecule is CCOC(=O)C1c2ccc(OC)cc2CCN1C(=O)c1c(O)ccc2ccccc12. The Balaban J connectivity index is 1.82. The first-order valence-corrected chi connectivity index (χ1v) is 9.90. The van der Waals surface area contributed by atoms with Crippen LogP contribution < -0.4 is 4.74 Å². The second kappa shape index (κ2) is 8.06. The van der Waals surface area contributed by atoms with Gasteiger partial charge in [-0.3, -0.25) is 4.79 Å². The molecule has 1 aliphatic rings. The van der Waals surface area contributed by atoms with Crippen molar-refractivity contribution in [2.45, 2.75) is 19.4 Å². The Morgan fingerprint density at radius 1 is 1.13 bits per heavy atom. The van der Waals surface area contributed by atoms with Crippen molar-refractivity contribution in [3.63, 3.8) is 0 Å². The number of phenols is 1. The molecule has 30 heavy (non-hydrogen) atoms. The van der Waals surface area contributed by atoms with Gasteiger partial charge in [0.15, 0.2) is 6.04 Å². The van der Waals surface area contributed by atoms with E-state index in [0.717, 1.165) is 10.9 Å². The number of phenolic OH excluding ortho intramolecular Hbond substituents is 1. The third-order valence-electron chi connectivity index (χ3n) is 5.47. The number of benzene rings is 3. The second-order valence-electron chi connectivity index (χ2n) is 7.15. The van der Waals surface area contributed by atoms with Gasteiger partial charge in [-0.2, -0.15) is 0 Å². The molecule has 1 unspecified atom stereocenters. The Labute approximate surface area is 174 Å². The van der Waals surface area contributed by atoms with Crippen LogP contribution in [0, 0.1) is 0 Å². The van der Waals surface area contributed by atoms with Crippen molar-refractivity contribution < 1.29 is 24.2 Å². The summed E-state index contributed by atoms with van der Waals surface area (Å²) < 4.78 is 10.6. The van der Waals surface area contributed by atoms with Gasteiger partial charge in [0.2, 0.25) is 0 Å². The molecule has 154 valence electrons. The van der Waals surface area contributed by atoms with Crippen molar-refractivity contribution in [2.75, 3.05) is 20.3 Å². The molecule has 4 rings (SSSR count). The highest BCUT2D eigenvalue weighted by atomic mass is 16.5. The standard InChI is InChI=1S/C24H23NO5/c1-3-30-24(28)22-19-10-9-17(29-2)14-16(19)12-13-25(22)23(27)21-18-7-5-4-6-15(18)8-11-20(21)26/h4-11,14,22,26H,3,12-13H2,1-2H3. The Morgan fingerprint density at radius 2 is 1.93 bits per heavy atom. The van der Waals surface area contributed by atoms with Gasteiger partial charge in [-0.05, 0) is 53.4 Å².